The molecule has 2 heterocycles. The summed E-state index contributed by atoms with van der Waals surface area (Å²) in [6, 6.07) is 31.2. The van der Waals surface area contributed by atoms with Crippen LogP contribution in [0.25, 0.3) is 0 Å². The van der Waals surface area contributed by atoms with Crippen LogP contribution in [0.2, 0.25) is 15.1 Å². The van der Waals surface area contributed by atoms with Crippen LogP contribution in [0.1, 0.15) is 41.0 Å². The Kier molecular flexibility index (Phi) is 10.1. The third-order valence-corrected chi connectivity index (χ3v) is 13.5. The van der Waals surface area contributed by atoms with E-state index < -0.39 is 52.7 Å². The highest BCUT2D eigenvalue weighted by atomic mass is 35.5. The van der Waals surface area contributed by atoms with E-state index >= 15 is 9.59 Å². The Hall–Kier alpha value is -5.81. The molecule has 0 aromatic heterocycles. The molecular formula is C47H38Cl3N3O7. The van der Waals surface area contributed by atoms with Crippen molar-refractivity contribution in [2.24, 2.45) is 23.7 Å². The number of aromatic hydroxyl groups is 1. The van der Waals surface area contributed by atoms with Crippen molar-refractivity contribution in [3.05, 3.63) is 158 Å². The second kappa shape index (κ2) is 15.3. The van der Waals surface area contributed by atoms with Crippen LogP contribution in [0.5, 0.6) is 17.2 Å². The van der Waals surface area contributed by atoms with E-state index in [0.29, 0.717) is 43.9 Å². The summed E-state index contributed by atoms with van der Waals surface area (Å²) in [4.78, 5) is 60.9. The lowest BCUT2D eigenvalue weighted by molar-refractivity contribution is -0.138. The SMILES string of the molecule is COc1ccc([C@@]23C(=O)N(Nc4ccc(Cl)cc4Cl)C(=O)[C@@H]2C[C@@H]2C(=CC[C@@H]4C(=O)N(c5ccc(C)c(Cl)c5)C(=O)[C@@H]42)[C@@H]3c2ccc(OCc3ccccc3)cc2O)cc1. The van der Waals surface area contributed by atoms with E-state index in [0.717, 1.165) is 16.1 Å². The van der Waals surface area contributed by atoms with Gasteiger partial charge in [0.15, 0.2) is 0 Å². The highest BCUT2D eigenvalue weighted by Gasteiger charge is 2.70. The second-order valence-corrected chi connectivity index (χ2v) is 16.9. The highest BCUT2D eigenvalue weighted by molar-refractivity contribution is 6.36. The molecule has 3 fully saturated rings. The van der Waals surface area contributed by atoms with Gasteiger partial charge in [-0.05, 0) is 90.9 Å². The number of imide groups is 2. The van der Waals surface area contributed by atoms with Gasteiger partial charge in [0.05, 0.1) is 46.7 Å². The van der Waals surface area contributed by atoms with Crippen molar-refractivity contribution in [1.82, 2.24) is 5.01 Å². The van der Waals surface area contributed by atoms with Gasteiger partial charge in [-0.3, -0.25) is 24.6 Å². The molecule has 0 spiro atoms. The van der Waals surface area contributed by atoms with E-state index in [1.54, 1.807) is 66.7 Å². The number of allylic oxidation sites excluding steroid dienone is 2. The normalized spacial score (nSPS) is 24.5. The number of halogens is 3. The fourth-order valence-electron chi connectivity index (χ4n) is 9.76. The number of hydrogen-bond donors (Lipinski definition) is 2. The zero-order valence-corrected chi connectivity index (χ0v) is 34.7. The summed E-state index contributed by atoms with van der Waals surface area (Å²) >= 11 is 19.3. The summed E-state index contributed by atoms with van der Waals surface area (Å²) < 4.78 is 11.6. The molecular weight excluding hydrogens is 825 g/mol. The molecule has 2 saturated heterocycles. The molecule has 13 heteroatoms. The summed E-state index contributed by atoms with van der Waals surface area (Å²) in [5.41, 5.74) is 5.22. The molecule has 5 aromatic rings. The number of amides is 4. The average molecular weight is 863 g/mol. The van der Waals surface area contributed by atoms with E-state index in [4.69, 9.17) is 44.3 Å². The Bertz CT molecular complexity index is 2620. The number of aryl methyl sites for hydroxylation is 1. The highest BCUT2D eigenvalue weighted by Crippen LogP contribution is 2.65. The predicted octanol–water partition coefficient (Wildman–Crippen LogP) is 9.44. The number of benzene rings is 5. The van der Waals surface area contributed by atoms with Gasteiger partial charge in [0.25, 0.3) is 11.8 Å². The lowest BCUT2D eigenvalue weighted by atomic mass is 9.49. The van der Waals surface area contributed by atoms with Crippen molar-refractivity contribution in [1.29, 1.82) is 0 Å². The van der Waals surface area contributed by atoms with Crippen LogP contribution in [-0.2, 0) is 31.2 Å². The quantitative estimate of drug-likeness (QED) is 0.111. The Balaban J connectivity index is 1.21. The fourth-order valence-corrected chi connectivity index (χ4v) is 10.4. The summed E-state index contributed by atoms with van der Waals surface area (Å²) in [6.07, 6.45) is 2.17. The molecule has 0 unspecified atom stereocenters. The molecule has 4 aliphatic rings. The monoisotopic (exact) mass is 861 g/mol. The number of hydrazine groups is 1. The first-order valence-electron chi connectivity index (χ1n) is 19.5. The zero-order valence-electron chi connectivity index (χ0n) is 32.4. The van der Waals surface area contributed by atoms with Crippen LogP contribution in [0.4, 0.5) is 11.4 Å². The number of phenolic OH excluding ortho intramolecular Hbond substituents is 1. The molecule has 2 aliphatic heterocycles. The molecule has 0 bridgehead atoms. The third kappa shape index (κ3) is 6.31. The largest absolute Gasteiger partial charge is 0.508 e. The third-order valence-electron chi connectivity index (χ3n) is 12.6. The van der Waals surface area contributed by atoms with E-state index in [-0.39, 0.29) is 41.8 Å². The molecule has 1 saturated carbocycles. The van der Waals surface area contributed by atoms with E-state index in [1.165, 1.54) is 24.1 Å². The van der Waals surface area contributed by atoms with E-state index in [1.807, 2.05) is 43.3 Å². The topological polar surface area (TPSA) is 125 Å². The van der Waals surface area contributed by atoms with Crippen LogP contribution in [0.15, 0.2) is 121 Å². The van der Waals surface area contributed by atoms with Gasteiger partial charge in [-0.15, -0.1) is 0 Å². The molecule has 304 valence electrons. The molecule has 10 nitrogen and oxygen atoms in total. The number of nitrogens with one attached hydrogen (secondary N) is 1. The molecule has 0 radical (unpaired) electrons. The first-order chi connectivity index (χ1) is 28.9. The maximum absolute atomic E-state index is 15.6. The summed E-state index contributed by atoms with van der Waals surface area (Å²) in [5.74, 6) is -5.50. The summed E-state index contributed by atoms with van der Waals surface area (Å²) in [7, 11) is 1.53. The van der Waals surface area contributed by atoms with Crippen molar-refractivity contribution in [2.75, 3.05) is 17.4 Å². The molecule has 60 heavy (non-hydrogen) atoms. The number of ether oxygens (including phenoxy) is 2. The minimum Gasteiger partial charge on any atom is -0.508 e. The standard InChI is InChI=1S/C47H38Cl3N3O7/c1-25-8-12-29(21-37(25)49)52-43(55)34-18-17-32-35(41(34)45(52)57)23-36-44(56)53(51-39-19-11-28(48)20-38(39)50)46(58)47(36,27-9-13-30(59-2)14-10-27)42(32)33-16-15-31(22-40(33)54)60-24-26-6-4-3-5-7-26/h3-17,19-22,34-36,41-42,51,54H,18,23-24H2,1-2H3/t34-,35+,36-,41-,42+,47+/m0/s1. The van der Waals surface area contributed by atoms with Crippen molar-refractivity contribution in [3.63, 3.8) is 0 Å². The molecule has 2 N–H and O–H groups in total. The van der Waals surface area contributed by atoms with Gasteiger partial charge in [-0.1, -0.05) is 101 Å². The molecule has 5 aromatic carbocycles. The number of carbonyl (C=O) groups excluding carboxylic acids is 4. The summed E-state index contributed by atoms with van der Waals surface area (Å²) in [5, 5.41) is 14.1. The number of methoxy groups -OCH3 is 1. The first kappa shape index (κ1) is 39.6. The Labute approximate surface area is 361 Å². The van der Waals surface area contributed by atoms with E-state index in [9.17, 15) is 14.7 Å². The Morgan fingerprint density at radius 2 is 1.55 bits per heavy atom. The molecule has 6 atom stereocenters. The van der Waals surface area contributed by atoms with E-state index in [2.05, 4.69) is 5.43 Å². The van der Waals surface area contributed by atoms with Crippen LogP contribution < -0.4 is 19.8 Å². The van der Waals surface area contributed by atoms with Gasteiger partial charge in [-0.2, -0.15) is 5.01 Å². The van der Waals surface area contributed by atoms with Crippen LogP contribution in [0, 0.1) is 30.6 Å². The number of anilines is 2. The van der Waals surface area contributed by atoms with Crippen molar-refractivity contribution in [3.8, 4) is 17.2 Å². The van der Waals surface area contributed by atoms with Gasteiger partial charge >= 0.3 is 0 Å². The minimum atomic E-state index is -1.66. The maximum Gasteiger partial charge on any atom is 0.260 e. The smallest absolute Gasteiger partial charge is 0.260 e. The lowest BCUT2D eigenvalue weighted by Gasteiger charge is -2.50. The van der Waals surface area contributed by atoms with Crippen LogP contribution in [0.3, 0.4) is 0 Å². The molecule has 4 amide bonds. The van der Waals surface area contributed by atoms with Gasteiger partial charge < -0.3 is 14.6 Å². The predicted molar refractivity (Wildman–Crippen MR) is 228 cm³/mol. The van der Waals surface area contributed by atoms with Crippen molar-refractivity contribution >= 4 is 69.8 Å². The number of fused-ring (bicyclic) bond motifs is 4. The van der Waals surface area contributed by atoms with Gasteiger partial charge in [-0.25, -0.2) is 4.90 Å². The second-order valence-electron chi connectivity index (χ2n) is 15.7. The van der Waals surface area contributed by atoms with Crippen LogP contribution in [-0.4, -0.2) is 40.9 Å². The number of nitrogens with zero attached hydrogens (tertiary/aromatic N) is 2. The van der Waals surface area contributed by atoms with Gasteiger partial charge in [0, 0.05) is 27.6 Å². The number of hydrogen-bond acceptors (Lipinski definition) is 8. The van der Waals surface area contributed by atoms with Gasteiger partial charge in [0.2, 0.25) is 11.8 Å². The molecule has 2 aliphatic carbocycles. The number of rotatable bonds is 9. The van der Waals surface area contributed by atoms with Crippen molar-refractivity contribution < 1.29 is 33.8 Å². The van der Waals surface area contributed by atoms with Gasteiger partial charge in [0.1, 0.15) is 23.9 Å². The zero-order chi connectivity index (χ0) is 42.0. The van der Waals surface area contributed by atoms with Crippen molar-refractivity contribution in [2.45, 2.75) is 37.7 Å². The Morgan fingerprint density at radius 1 is 0.800 bits per heavy atom. The van der Waals surface area contributed by atoms with Crippen LogP contribution >= 0.6 is 34.8 Å². The number of carbonyl (C=O) groups is 4. The maximum atomic E-state index is 15.6. The number of phenols is 1. The first-order valence-corrected chi connectivity index (χ1v) is 20.6. The molecule has 9 rings (SSSR count). The average Bonchev–Trinajstić information content (AvgIpc) is 3.63. The Morgan fingerprint density at radius 3 is 2.25 bits per heavy atom. The lowest BCUT2D eigenvalue weighted by Crippen LogP contribution is -2.53. The fraction of sp³-hybridized carbons (Fsp3) is 0.234. The summed E-state index contributed by atoms with van der Waals surface area (Å²) in [6.45, 7) is 2.08. The minimum absolute atomic E-state index is 0.0488.